The van der Waals surface area contributed by atoms with Gasteiger partial charge in [-0.05, 0) is 49.1 Å². The molecular weight excluding hydrogens is 537 g/mol. The maximum Gasteiger partial charge on any atom is 0.389 e. The number of hydrogen-bond acceptors (Lipinski definition) is 5. The highest BCUT2D eigenvalue weighted by Gasteiger charge is 2.40. The van der Waals surface area contributed by atoms with Crippen LogP contribution in [0.2, 0.25) is 0 Å². The third kappa shape index (κ3) is 6.58. The number of rotatable bonds is 9. The summed E-state index contributed by atoms with van der Waals surface area (Å²) in [5.74, 6) is -3.94. The Hall–Kier alpha value is -3.58. The van der Waals surface area contributed by atoms with Crippen LogP contribution in [0.4, 0.5) is 22.0 Å². The van der Waals surface area contributed by atoms with Crippen molar-refractivity contribution in [2.75, 3.05) is 0 Å². The lowest BCUT2D eigenvalue weighted by Crippen LogP contribution is -2.38. The molecule has 40 heavy (non-hydrogen) atoms. The third-order valence-electron chi connectivity index (χ3n) is 7.63. The van der Waals surface area contributed by atoms with E-state index >= 15 is 0 Å². The van der Waals surface area contributed by atoms with Gasteiger partial charge in [0.1, 0.15) is 0 Å². The average molecular weight is 568 g/mol. The summed E-state index contributed by atoms with van der Waals surface area (Å²) in [6, 6.07) is 0.528. The van der Waals surface area contributed by atoms with Crippen LogP contribution in [0.25, 0.3) is 5.65 Å². The maximum atomic E-state index is 13.9. The number of fused-ring (bicyclic) bond motifs is 1. The smallest absolute Gasteiger partial charge is 0.349 e. The van der Waals surface area contributed by atoms with E-state index in [1.165, 1.54) is 16.9 Å². The van der Waals surface area contributed by atoms with Crippen molar-refractivity contribution in [1.29, 1.82) is 0 Å². The number of aromatic nitrogens is 5. The predicted molar refractivity (Wildman–Crippen MR) is 132 cm³/mol. The molecule has 2 fully saturated rings. The first-order valence-corrected chi connectivity index (χ1v) is 13.3. The number of carbonyl (C=O) groups excluding carboxylic acids is 2. The highest BCUT2D eigenvalue weighted by molar-refractivity contribution is 5.91. The molecule has 2 atom stereocenters. The summed E-state index contributed by atoms with van der Waals surface area (Å²) in [5.41, 5.74) is 1.46. The zero-order valence-corrected chi connectivity index (χ0v) is 21.8. The molecule has 5 rings (SSSR count). The van der Waals surface area contributed by atoms with E-state index in [2.05, 4.69) is 25.7 Å². The molecule has 0 aliphatic heterocycles. The zero-order chi connectivity index (χ0) is 28.7. The van der Waals surface area contributed by atoms with E-state index in [1.807, 2.05) is 0 Å². The molecule has 3 heterocycles. The maximum absolute atomic E-state index is 13.9. The second kappa shape index (κ2) is 10.8. The minimum atomic E-state index is -4.42. The highest BCUT2D eigenvalue weighted by Crippen LogP contribution is 2.43. The van der Waals surface area contributed by atoms with E-state index in [4.69, 9.17) is 0 Å². The lowest BCUT2D eigenvalue weighted by Gasteiger charge is -2.33. The fraction of sp³-hybridized carbons (Fsp3) is 0.577. The SMILES string of the molecule is Cn1ccnc1C(=O)N[C@H](c1cn2ncc(C(NC(=O)CCC(F)(F)F)C3CC3)cc2n1)C1CCC(F)(F)CC1. The van der Waals surface area contributed by atoms with E-state index in [-0.39, 0.29) is 43.3 Å². The second-order valence-electron chi connectivity index (χ2n) is 10.8. The summed E-state index contributed by atoms with van der Waals surface area (Å²) in [6.07, 6.45) is 1.44. The molecule has 9 nitrogen and oxygen atoms in total. The number of hydrogen-bond donors (Lipinski definition) is 2. The van der Waals surface area contributed by atoms with Crippen LogP contribution in [0.15, 0.2) is 30.9 Å². The molecule has 0 saturated heterocycles. The summed E-state index contributed by atoms with van der Waals surface area (Å²) in [6.45, 7) is 0. The van der Waals surface area contributed by atoms with Crippen molar-refractivity contribution >= 4 is 17.5 Å². The molecule has 0 spiro atoms. The number of aryl methyl sites for hydroxylation is 1. The molecule has 2 aliphatic rings. The number of nitrogens with one attached hydrogen (secondary N) is 2. The van der Waals surface area contributed by atoms with E-state index in [1.54, 1.807) is 30.1 Å². The fourth-order valence-corrected chi connectivity index (χ4v) is 5.25. The summed E-state index contributed by atoms with van der Waals surface area (Å²) in [4.78, 5) is 34.0. The Bertz CT molecular complexity index is 1370. The van der Waals surface area contributed by atoms with Crippen LogP contribution in [-0.2, 0) is 11.8 Å². The Labute approximate surface area is 226 Å². The molecule has 2 saturated carbocycles. The first kappa shape index (κ1) is 28.0. The Morgan fingerprint density at radius 2 is 1.80 bits per heavy atom. The van der Waals surface area contributed by atoms with E-state index in [0.29, 0.717) is 16.9 Å². The molecule has 2 N–H and O–H groups in total. The third-order valence-corrected chi connectivity index (χ3v) is 7.63. The summed E-state index contributed by atoms with van der Waals surface area (Å²) in [5, 5.41) is 10.0. The Morgan fingerprint density at radius 1 is 1.10 bits per heavy atom. The van der Waals surface area contributed by atoms with Crippen LogP contribution in [0.1, 0.15) is 85.3 Å². The number of amides is 2. The van der Waals surface area contributed by atoms with E-state index in [0.717, 1.165) is 12.8 Å². The number of alkyl halides is 5. The van der Waals surface area contributed by atoms with Gasteiger partial charge in [-0.25, -0.2) is 23.3 Å². The van der Waals surface area contributed by atoms with Crippen molar-refractivity contribution in [2.24, 2.45) is 18.9 Å². The van der Waals surface area contributed by atoms with Crippen LogP contribution in [0.5, 0.6) is 0 Å². The number of imidazole rings is 2. The van der Waals surface area contributed by atoms with Crippen molar-refractivity contribution < 1.29 is 31.5 Å². The predicted octanol–water partition coefficient (Wildman–Crippen LogP) is 4.67. The van der Waals surface area contributed by atoms with Crippen molar-refractivity contribution in [3.8, 4) is 0 Å². The average Bonchev–Trinajstić information content (AvgIpc) is 3.49. The molecule has 1 unspecified atom stereocenters. The molecule has 14 heteroatoms. The Balaban J connectivity index is 1.39. The topological polar surface area (TPSA) is 106 Å². The minimum Gasteiger partial charge on any atom is -0.349 e. The van der Waals surface area contributed by atoms with Gasteiger partial charge < -0.3 is 15.2 Å². The minimum absolute atomic E-state index is 0.0854. The van der Waals surface area contributed by atoms with E-state index in [9.17, 15) is 31.5 Å². The Morgan fingerprint density at radius 3 is 2.42 bits per heavy atom. The largest absolute Gasteiger partial charge is 0.389 e. The standard InChI is InChI=1S/C26H30F5N7O2/c1-37-11-10-32-23(37)24(40)36-22(16-4-7-25(27,28)8-5-16)18-14-38-19(34-18)12-17(13-33-38)21(15-2-3-15)35-20(39)6-9-26(29,30)31/h10-16,21-22H,2-9H2,1H3,(H,35,39)(H,36,40)/t21?,22-/m0/s1. The van der Waals surface area contributed by atoms with Crippen LogP contribution >= 0.6 is 0 Å². The quantitative estimate of drug-likeness (QED) is 0.366. The van der Waals surface area contributed by atoms with Gasteiger partial charge in [-0.15, -0.1) is 0 Å². The van der Waals surface area contributed by atoms with Gasteiger partial charge in [0.15, 0.2) is 11.5 Å². The van der Waals surface area contributed by atoms with Crippen molar-refractivity contribution in [1.82, 2.24) is 34.8 Å². The van der Waals surface area contributed by atoms with Crippen LogP contribution in [0, 0.1) is 11.8 Å². The monoisotopic (exact) mass is 567 g/mol. The van der Waals surface area contributed by atoms with Crippen LogP contribution in [-0.4, -0.2) is 48.1 Å². The summed E-state index contributed by atoms with van der Waals surface area (Å²) < 4.78 is 68.6. The van der Waals surface area contributed by atoms with Gasteiger partial charge in [0.05, 0.1) is 36.6 Å². The molecule has 3 aromatic heterocycles. The molecule has 216 valence electrons. The molecule has 0 aromatic carbocycles. The molecule has 3 aromatic rings. The van der Waals surface area contributed by atoms with Crippen LogP contribution in [0.3, 0.4) is 0 Å². The fourth-order valence-electron chi connectivity index (χ4n) is 5.25. The van der Waals surface area contributed by atoms with Crippen molar-refractivity contribution in [3.05, 3.63) is 47.9 Å². The van der Waals surface area contributed by atoms with Gasteiger partial charge in [0, 0.05) is 38.7 Å². The molecule has 2 aliphatic carbocycles. The number of carbonyl (C=O) groups is 2. The van der Waals surface area contributed by atoms with Gasteiger partial charge in [-0.3, -0.25) is 9.59 Å². The number of halogens is 5. The van der Waals surface area contributed by atoms with Gasteiger partial charge in [-0.1, -0.05) is 0 Å². The second-order valence-corrected chi connectivity index (χ2v) is 10.8. The molecule has 0 radical (unpaired) electrons. The van der Waals surface area contributed by atoms with Gasteiger partial charge in [-0.2, -0.15) is 18.3 Å². The van der Waals surface area contributed by atoms with Gasteiger partial charge in [0.2, 0.25) is 11.8 Å². The summed E-state index contributed by atoms with van der Waals surface area (Å²) >= 11 is 0. The van der Waals surface area contributed by atoms with Gasteiger partial charge in [0.25, 0.3) is 5.91 Å². The Kier molecular flexibility index (Phi) is 7.53. The summed E-state index contributed by atoms with van der Waals surface area (Å²) in [7, 11) is 1.67. The first-order valence-electron chi connectivity index (χ1n) is 13.3. The van der Waals surface area contributed by atoms with Gasteiger partial charge >= 0.3 is 6.18 Å². The molecular formula is C26H30F5N7O2. The van der Waals surface area contributed by atoms with Crippen LogP contribution < -0.4 is 10.6 Å². The van der Waals surface area contributed by atoms with Crippen molar-refractivity contribution in [2.45, 2.75) is 75.5 Å². The lowest BCUT2D eigenvalue weighted by molar-refractivity contribution is -0.144. The van der Waals surface area contributed by atoms with E-state index < -0.39 is 48.8 Å². The van der Waals surface area contributed by atoms with Crippen molar-refractivity contribution in [3.63, 3.8) is 0 Å². The number of nitrogens with zero attached hydrogens (tertiary/aromatic N) is 5. The molecule has 0 bridgehead atoms. The normalized spacial score (nSPS) is 19.4. The molecule has 2 amide bonds. The highest BCUT2D eigenvalue weighted by atomic mass is 19.4. The first-order chi connectivity index (χ1) is 18.9. The lowest BCUT2D eigenvalue weighted by atomic mass is 9.81. The zero-order valence-electron chi connectivity index (χ0n) is 21.8.